The summed E-state index contributed by atoms with van der Waals surface area (Å²) in [4.78, 5) is 0. The molecule has 94 valence electrons. The molecule has 0 spiro atoms. The van der Waals surface area contributed by atoms with Gasteiger partial charge in [-0.1, -0.05) is 25.1 Å². The molecule has 0 heterocycles. The zero-order chi connectivity index (χ0) is 12.5. The number of hydrogen-bond donors (Lipinski definition) is 1. The summed E-state index contributed by atoms with van der Waals surface area (Å²) in [7, 11) is 0. The number of benzene rings is 1. The smallest absolute Gasteiger partial charge is 0.314 e. The van der Waals surface area contributed by atoms with Crippen LogP contribution in [-0.4, -0.2) is 12.6 Å². The minimum absolute atomic E-state index is 0.279. The molecule has 1 N–H and O–H groups in total. The Bertz CT molecular complexity index is 380. The maximum absolute atomic E-state index is 12.5. The lowest BCUT2D eigenvalue weighted by molar-refractivity contribution is -0.137. The lowest BCUT2D eigenvalue weighted by Gasteiger charge is -2.36. The number of rotatable bonds is 3. The van der Waals surface area contributed by atoms with Gasteiger partial charge in [-0.15, -0.1) is 0 Å². The average molecular weight is 243 g/mol. The molecule has 0 atom stereocenters. The molecule has 0 aliphatic heterocycles. The van der Waals surface area contributed by atoms with Gasteiger partial charge in [0.05, 0.1) is 5.56 Å². The fourth-order valence-corrected chi connectivity index (χ4v) is 2.31. The van der Waals surface area contributed by atoms with Crippen LogP contribution in [0.4, 0.5) is 13.2 Å². The molecule has 1 nitrogen and oxygen atoms in total. The lowest BCUT2D eigenvalue weighted by Crippen LogP contribution is -2.39. The highest BCUT2D eigenvalue weighted by molar-refractivity contribution is 5.30. The molecule has 1 aromatic carbocycles. The fourth-order valence-electron chi connectivity index (χ4n) is 2.31. The minimum atomic E-state index is -4.24. The maximum atomic E-state index is 12.5. The van der Waals surface area contributed by atoms with Gasteiger partial charge in [-0.25, -0.2) is 0 Å². The summed E-state index contributed by atoms with van der Waals surface area (Å²) in [6, 6.07) is 6.18. The van der Waals surface area contributed by atoms with Crippen molar-refractivity contribution < 1.29 is 13.2 Å². The normalized spacial score (nSPS) is 24.5. The van der Waals surface area contributed by atoms with Gasteiger partial charge in [-0.05, 0) is 36.9 Å². The first kappa shape index (κ1) is 12.4. The molecule has 1 aliphatic rings. The van der Waals surface area contributed by atoms with Crippen LogP contribution < -0.4 is 5.32 Å². The summed E-state index contributed by atoms with van der Waals surface area (Å²) >= 11 is 0. The van der Waals surface area contributed by atoms with E-state index in [9.17, 15) is 13.2 Å². The van der Waals surface area contributed by atoms with E-state index in [1.807, 2.05) is 6.92 Å². The first-order chi connectivity index (χ1) is 8.00. The van der Waals surface area contributed by atoms with E-state index in [4.69, 9.17) is 0 Å². The molecule has 0 amide bonds. The highest BCUT2D eigenvalue weighted by Gasteiger charge is 2.33. The third-order valence-electron chi connectivity index (χ3n) is 3.32. The van der Waals surface area contributed by atoms with Crippen molar-refractivity contribution in [3.63, 3.8) is 0 Å². The number of nitrogens with one attached hydrogen (secondary N) is 1. The first-order valence-electron chi connectivity index (χ1n) is 5.91. The third kappa shape index (κ3) is 2.80. The Balaban J connectivity index is 2.04. The Morgan fingerprint density at radius 3 is 2.59 bits per heavy atom. The standard InChI is InChI=1S/C13H16F3N/c1-2-17-12-7-10(8-12)9-4-3-5-11(6-9)13(14,15)16/h3-6,10,12,17H,2,7-8H2,1H3. The van der Waals surface area contributed by atoms with Crippen molar-refractivity contribution in [1.29, 1.82) is 0 Å². The molecule has 0 radical (unpaired) electrons. The predicted molar refractivity (Wildman–Crippen MR) is 60.9 cm³/mol. The molecule has 0 saturated heterocycles. The van der Waals surface area contributed by atoms with Crippen LogP contribution in [0.1, 0.15) is 36.8 Å². The topological polar surface area (TPSA) is 12.0 Å². The summed E-state index contributed by atoms with van der Waals surface area (Å²) < 4.78 is 37.6. The quantitative estimate of drug-likeness (QED) is 0.855. The van der Waals surface area contributed by atoms with Crippen molar-refractivity contribution >= 4 is 0 Å². The summed E-state index contributed by atoms with van der Waals surface area (Å²) in [6.45, 7) is 2.96. The number of halogens is 3. The zero-order valence-corrected chi connectivity index (χ0v) is 9.72. The van der Waals surface area contributed by atoms with Crippen LogP contribution in [0.3, 0.4) is 0 Å². The largest absolute Gasteiger partial charge is 0.416 e. The predicted octanol–water partition coefficient (Wildman–Crippen LogP) is 3.56. The number of hydrogen-bond acceptors (Lipinski definition) is 1. The Kier molecular flexibility index (Phi) is 3.43. The van der Waals surface area contributed by atoms with E-state index in [0.29, 0.717) is 6.04 Å². The average Bonchev–Trinajstić information content (AvgIpc) is 2.22. The molecule has 1 aromatic rings. The monoisotopic (exact) mass is 243 g/mol. The van der Waals surface area contributed by atoms with Gasteiger partial charge < -0.3 is 5.32 Å². The van der Waals surface area contributed by atoms with Gasteiger partial charge in [0.2, 0.25) is 0 Å². The second-order valence-corrected chi connectivity index (χ2v) is 4.55. The van der Waals surface area contributed by atoms with Crippen molar-refractivity contribution in [1.82, 2.24) is 5.32 Å². The van der Waals surface area contributed by atoms with Gasteiger partial charge in [-0.3, -0.25) is 0 Å². The molecule has 0 aromatic heterocycles. The molecule has 1 fully saturated rings. The summed E-state index contributed by atoms with van der Waals surface area (Å²) in [5.74, 6) is 0.279. The summed E-state index contributed by atoms with van der Waals surface area (Å²) in [6.07, 6.45) is -2.36. The fraction of sp³-hybridized carbons (Fsp3) is 0.538. The molecule has 2 rings (SSSR count). The van der Waals surface area contributed by atoms with Crippen LogP contribution in [0, 0.1) is 0 Å². The SMILES string of the molecule is CCNC1CC(c2cccc(C(F)(F)F)c2)C1. The van der Waals surface area contributed by atoms with Crippen LogP contribution in [0.2, 0.25) is 0 Å². The van der Waals surface area contributed by atoms with E-state index in [1.165, 1.54) is 12.1 Å². The van der Waals surface area contributed by atoms with Crippen LogP contribution in [-0.2, 0) is 6.18 Å². The Labute approximate surface area is 99.0 Å². The molecule has 1 saturated carbocycles. The molecular weight excluding hydrogens is 227 g/mol. The van der Waals surface area contributed by atoms with E-state index in [-0.39, 0.29) is 5.92 Å². The molecule has 0 unspecified atom stereocenters. The van der Waals surface area contributed by atoms with E-state index in [2.05, 4.69) is 5.32 Å². The van der Waals surface area contributed by atoms with Crippen molar-refractivity contribution in [2.45, 2.75) is 37.9 Å². The van der Waals surface area contributed by atoms with Crippen LogP contribution in [0.25, 0.3) is 0 Å². The van der Waals surface area contributed by atoms with E-state index in [0.717, 1.165) is 31.0 Å². The molecular formula is C13H16F3N. The molecule has 0 bridgehead atoms. The Hall–Kier alpha value is -1.03. The Morgan fingerprint density at radius 2 is 2.00 bits per heavy atom. The zero-order valence-electron chi connectivity index (χ0n) is 9.72. The summed E-state index contributed by atoms with van der Waals surface area (Å²) in [5.41, 5.74) is 0.274. The Morgan fingerprint density at radius 1 is 1.29 bits per heavy atom. The van der Waals surface area contributed by atoms with Crippen molar-refractivity contribution in [3.8, 4) is 0 Å². The lowest BCUT2D eigenvalue weighted by atomic mass is 9.75. The maximum Gasteiger partial charge on any atom is 0.416 e. The first-order valence-corrected chi connectivity index (χ1v) is 5.91. The van der Waals surface area contributed by atoms with Gasteiger partial charge >= 0.3 is 6.18 Å². The van der Waals surface area contributed by atoms with E-state index in [1.54, 1.807) is 6.07 Å². The van der Waals surface area contributed by atoms with Gasteiger partial charge in [0.25, 0.3) is 0 Å². The molecule has 1 aliphatic carbocycles. The molecule has 4 heteroatoms. The van der Waals surface area contributed by atoms with Gasteiger partial charge in [0, 0.05) is 6.04 Å². The second-order valence-electron chi connectivity index (χ2n) is 4.55. The van der Waals surface area contributed by atoms with Gasteiger partial charge in [0.15, 0.2) is 0 Å². The third-order valence-corrected chi connectivity index (χ3v) is 3.32. The van der Waals surface area contributed by atoms with Gasteiger partial charge in [-0.2, -0.15) is 13.2 Å². The van der Waals surface area contributed by atoms with Crippen LogP contribution in [0.15, 0.2) is 24.3 Å². The van der Waals surface area contributed by atoms with Crippen LogP contribution >= 0.6 is 0 Å². The summed E-state index contributed by atoms with van der Waals surface area (Å²) in [5, 5.41) is 3.30. The van der Waals surface area contributed by atoms with Crippen molar-refractivity contribution in [3.05, 3.63) is 35.4 Å². The number of alkyl halides is 3. The molecule has 17 heavy (non-hydrogen) atoms. The second kappa shape index (κ2) is 4.69. The van der Waals surface area contributed by atoms with Crippen LogP contribution in [0.5, 0.6) is 0 Å². The highest BCUT2D eigenvalue weighted by atomic mass is 19.4. The van der Waals surface area contributed by atoms with E-state index >= 15 is 0 Å². The minimum Gasteiger partial charge on any atom is -0.314 e. The highest BCUT2D eigenvalue weighted by Crippen LogP contribution is 2.39. The van der Waals surface area contributed by atoms with Crippen molar-refractivity contribution in [2.24, 2.45) is 0 Å². The van der Waals surface area contributed by atoms with Crippen molar-refractivity contribution in [2.75, 3.05) is 6.54 Å². The van der Waals surface area contributed by atoms with E-state index < -0.39 is 11.7 Å². The van der Waals surface area contributed by atoms with Gasteiger partial charge in [0.1, 0.15) is 0 Å².